The molecule has 2 atom stereocenters. The molecule has 1 aromatic carbocycles. The smallest absolute Gasteiger partial charge is 0.126 e. The second kappa shape index (κ2) is 6.86. The molecule has 18 heavy (non-hydrogen) atoms. The predicted octanol–water partition coefficient (Wildman–Crippen LogP) is 2.92. The van der Waals surface area contributed by atoms with Gasteiger partial charge in [-0.3, -0.25) is 0 Å². The van der Waals surface area contributed by atoms with Crippen molar-refractivity contribution in [3.05, 3.63) is 35.6 Å². The Kier molecular flexibility index (Phi) is 5.14. The maximum atomic E-state index is 13.4. The van der Waals surface area contributed by atoms with Crippen LogP contribution in [0.5, 0.6) is 0 Å². The van der Waals surface area contributed by atoms with Gasteiger partial charge in [-0.15, -0.1) is 0 Å². The predicted molar refractivity (Wildman–Crippen MR) is 71.2 cm³/mol. The van der Waals surface area contributed by atoms with Crippen molar-refractivity contribution < 1.29 is 9.13 Å². The van der Waals surface area contributed by atoms with Gasteiger partial charge in [-0.2, -0.15) is 0 Å². The summed E-state index contributed by atoms with van der Waals surface area (Å²) < 4.78 is 18.9. The quantitative estimate of drug-likeness (QED) is 0.868. The monoisotopic (exact) mass is 251 g/mol. The van der Waals surface area contributed by atoms with Crippen LogP contribution in [-0.2, 0) is 11.2 Å². The third kappa shape index (κ3) is 3.53. The van der Waals surface area contributed by atoms with Gasteiger partial charge in [-0.25, -0.2) is 4.39 Å². The molecule has 0 aromatic heterocycles. The largest absolute Gasteiger partial charge is 0.380 e. The van der Waals surface area contributed by atoms with E-state index in [9.17, 15) is 4.39 Å². The fraction of sp³-hybridized carbons (Fsp3) is 0.600. The van der Waals surface area contributed by atoms with Crippen LogP contribution in [0.1, 0.15) is 31.2 Å². The van der Waals surface area contributed by atoms with Crippen LogP contribution in [0.3, 0.4) is 0 Å². The van der Waals surface area contributed by atoms with Crippen LogP contribution >= 0.6 is 0 Å². The van der Waals surface area contributed by atoms with E-state index in [1.165, 1.54) is 18.9 Å². The van der Waals surface area contributed by atoms with Crippen molar-refractivity contribution in [3.8, 4) is 0 Å². The number of ether oxygens (including phenoxy) is 1. The fourth-order valence-electron chi connectivity index (χ4n) is 2.71. The average Bonchev–Trinajstić information content (AvgIpc) is 2.41. The lowest BCUT2D eigenvalue weighted by atomic mass is 9.92. The number of benzene rings is 1. The summed E-state index contributed by atoms with van der Waals surface area (Å²) in [5, 5.41) is 3.51. The highest BCUT2D eigenvalue weighted by atomic mass is 19.1. The summed E-state index contributed by atoms with van der Waals surface area (Å²) in [6.07, 6.45) is 5.86. The van der Waals surface area contributed by atoms with Gasteiger partial charge in [0.15, 0.2) is 0 Å². The highest BCUT2D eigenvalue weighted by molar-refractivity contribution is 5.17. The number of hydrogen-bond acceptors (Lipinski definition) is 2. The topological polar surface area (TPSA) is 21.3 Å². The summed E-state index contributed by atoms with van der Waals surface area (Å²) in [4.78, 5) is 0. The van der Waals surface area contributed by atoms with Crippen LogP contribution in [0.15, 0.2) is 24.3 Å². The van der Waals surface area contributed by atoms with Gasteiger partial charge in [-0.1, -0.05) is 31.0 Å². The zero-order valence-electron chi connectivity index (χ0n) is 11.0. The highest BCUT2D eigenvalue weighted by Gasteiger charge is 2.23. The Morgan fingerprint density at radius 1 is 1.28 bits per heavy atom. The molecule has 1 aromatic rings. The molecule has 1 aliphatic rings. The number of nitrogens with one attached hydrogen (secondary N) is 1. The molecule has 0 saturated heterocycles. The van der Waals surface area contributed by atoms with Gasteiger partial charge < -0.3 is 10.1 Å². The standard InChI is InChI=1S/C15H22FNO/c1-18-15-9-5-4-8-14(15)17-11-10-12-6-2-3-7-13(12)16/h2-3,6-7,14-15,17H,4-5,8-11H2,1H3. The summed E-state index contributed by atoms with van der Waals surface area (Å²) in [7, 11) is 1.78. The molecule has 0 bridgehead atoms. The molecule has 0 heterocycles. The van der Waals surface area contributed by atoms with Gasteiger partial charge in [-0.05, 0) is 37.4 Å². The molecule has 2 nitrogen and oxygen atoms in total. The molecule has 2 unspecified atom stereocenters. The van der Waals surface area contributed by atoms with Crippen molar-refractivity contribution in [1.29, 1.82) is 0 Å². The SMILES string of the molecule is COC1CCCCC1NCCc1ccccc1F. The maximum absolute atomic E-state index is 13.4. The lowest BCUT2D eigenvalue weighted by molar-refractivity contribution is 0.0421. The molecule has 0 radical (unpaired) electrons. The first-order chi connectivity index (χ1) is 8.81. The van der Waals surface area contributed by atoms with Gasteiger partial charge in [0.25, 0.3) is 0 Å². The third-order valence-corrected chi connectivity index (χ3v) is 3.76. The van der Waals surface area contributed by atoms with Crippen LogP contribution in [0, 0.1) is 5.82 Å². The van der Waals surface area contributed by atoms with Crippen molar-refractivity contribution in [2.75, 3.05) is 13.7 Å². The zero-order valence-corrected chi connectivity index (χ0v) is 11.0. The summed E-state index contributed by atoms with van der Waals surface area (Å²) >= 11 is 0. The van der Waals surface area contributed by atoms with Crippen LogP contribution in [-0.4, -0.2) is 25.8 Å². The zero-order chi connectivity index (χ0) is 12.8. The number of halogens is 1. The summed E-state index contributed by atoms with van der Waals surface area (Å²) in [5.74, 6) is -0.105. The Balaban J connectivity index is 1.79. The Labute approximate surface area is 109 Å². The molecule has 3 heteroatoms. The van der Waals surface area contributed by atoms with Crippen molar-refractivity contribution in [1.82, 2.24) is 5.32 Å². The van der Waals surface area contributed by atoms with E-state index >= 15 is 0 Å². The Hall–Kier alpha value is -0.930. The third-order valence-electron chi connectivity index (χ3n) is 3.76. The van der Waals surface area contributed by atoms with Gasteiger partial charge in [0.05, 0.1) is 6.10 Å². The first kappa shape index (κ1) is 13.5. The molecule has 0 aliphatic heterocycles. The minimum atomic E-state index is -0.105. The fourth-order valence-corrected chi connectivity index (χ4v) is 2.71. The molecular formula is C15H22FNO. The number of rotatable bonds is 5. The van der Waals surface area contributed by atoms with Crippen LogP contribution in [0.25, 0.3) is 0 Å². The number of methoxy groups -OCH3 is 1. The Bertz CT molecular complexity index is 369. The first-order valence-corrected chi connectivity index (χ1v) is 6.81. The Morgan fingerprint density at radius 2 is 2.06 bits per heavy atom. The lowest BCUT2D eigenvalue weighted by Crippen LogP contribution is -2.43. The first-order valence-electron chi connectivity index (χ1n) is 6.81. The summed E-state index contributed by atoms with van der Waals surface area (Å²) in [6.45, 7) is 0.811. The van der Waals surface area contributed by atoms with E-state index in [2.05, 4.69) is 5.32 Å². The summed E-state index contributed by atoms with van der Waals surface area (Å²) in [5.41, 5.74) is 0.787. The highest BCUT2D eigenvalue weighted by Crippen LogP contribution is 2.20. The van der Waals surface area contributed by atoms with E-state index in [0.29, 0.717) is 12.1 Å². The molecular weight excluding hydrogens is 229 g/mol. The van der Waals surface area contributed by atoms with Crippen LogP contribution in [0.4, 0.5) is 4.39 Å². The minimum absolute atomic E-state index is 0.105. The maximum Gasteiger partial charge on any atom is 0.126 e. The molecule has 1 N–H and O–H groups in total. The van der Waals surface area contributed by atoms with E-state index in [1.54, 1.807) is 13.2 Å². The van der Waals surface area contributed by atoms with E-state index in [-0.39, 0.29) is 5.82 Å². The van der Waals surface area contributed by atoms with Crippen molar-refractivity contribution in [2.24, 2.45) is 0 Å². The van der Waals surface area contributed by atoms with Crippen LogP contribution in [0.2, 0.25) is 0 Å². The molecule has 0 amide bonds. The van der Waals surface area contributed by atoms with E-state index in [0.717, 1.165) is 31.4 Å². The minimum Gasteiger partial charge on any atom is -0.380 e. The van der Waals surface area contributed by atoms with Crippen molar-refractivity contribution in [3.63, 3.8) is 0 Å². The van der Waals surface area contributed by atoms with E-state index in [4.69, 9.17) is 4.74 Å². The van der Waals surface area contributed by atoms with E-state index in [1.807, 2.05) is 12.1 Å². The second-order valence-corrected chi connectivity index (χ2v) is 4.96. The molecule has 0 spiro atoms. The molecule has 1 fully saturated rings. The number of hydrogen-bond donors (Lipinski definition) is 1. The van der Waals surface area contributed by atoms with Gasteiger partial charge >= 0.3 is 0 Å². The lowest BCUT2D eigenvalue weighted by Gasteiger charge is -2.31. The average molecular weight is 251 g/mol. The molecule has 1 saturated carbocycles. The van der Waals surface area contributed by atoms with Crippen molar-refractivity contribution in [2.45, 2.75) is 44.2 Å². The summed E-state index contributed by atoms with van der Waals surface area (Å²) in [6, 6.07) is 7.42. The Morgan fingerprint density at radius 3 is 2.83 bits per heavy atom. The molecule has 1 aliphatic carbocycles. The van der Waals surface area contributed by atoms with Crippen LogP contribution < -0.4 is 5.32 Å². The van der Waals surface area contributed by atoms with Gasteiger partial charge in [0, 0.05) is 13.2 Å². The normalized spacial score (nSPS) is 24.1. The van der Waals surface area contributed by atoms with Gasteiger partial charge in [0.1, 0.15) is 5.82 Å². The van der Waals surface area contributed by atoms with E-state index < -0.39 is 0 Å². The second-order valence-electron chi connectivity index (χ2n) is 4.96. The van der Waals surface area contributed by atoms with Crippen molar-refractivity contribution >= 4 is 0 Å². The molecule has 100 valence electrons. The molecule has 2 rings (SSSR count). The van der Waals surface area contributed by atoms with Gasteiger partial charge in [0.2, 0.25) is 0 Å².